The average Bonchev–Trinajstić information content (AvgIpc) is 2.85. The fourth-order valence-corrected chi connectivity index (χ4v) is 1.90. The van der Waals surface area contributed by atoms with Gasteiger partial charge in [0.15, 0.2) is 0 Å². The van der Waals surface area contributed by atoms with E-state index in [4.69, 9.17) is 9.36 Å². The Balaban J connectivity index is 2.10. The van der Waals surface area contributed by atoms with Crippen LogP contribution >= 0.6 is 0 Å². The van der Waals surface area contributed by atoms with Crippen molar-refractivity contribution in [3.8, 4) is 0 Å². The van der Waals surface area contributed by atoms with Gasteiger partial charge in [-0.15, -0.1) is 0 Å². The van der Waals surface area contributed by atoms with Crippen LogP contribution in [0.15, 0.2) is 9.68 Å². The molecule has 0 aliphatic carbocycles. The second-order valence-electron chi connectivity index (χ2n) is 4.72. The van der Waals surface area contributed by atoms with Crippen LogP contribution in [0.4, 0.5) is 5.88 Å². The van der Waals surface area contributed by atoms with Gasteiger partial charge in [-0.1, -0.05) is 17.2 Å². The van der Waals surface area contributed by atoms with Gasteiger partial charge in [0.1, 0.15) is 0 Å². The summed E-state index contributed by atoms with van der Waals surface area (Å²) < 4.78 is 5.11. The van der Waals surface area contributed by atoms with E-state index in [1.165, 1.54) is 0 Å². The highest BCUT2D eigenvalue weighted by Crippen LogP contribution is 2.26. The highest BCUT2D eigenvalue weighted by molar-refractivity contribution is 6.01. The van der Waals surface area contributed by atoms with Crippen molar-refractivity contribution in [2.75, 3.05) is 5.32 Å². The smallest absolute Gasteiger partial charge is 0.273 e. The number of aromatic nitrogens is 1. The molecular weight excluding hydrogens is 234 g/mol. The first kappa shape index (κ1) is 12.6. The quantitative estimate of drug-likeness (QED) is 0.891. The Morgan fingerprint density at radius 1 is 1.50 bits per heavy atom. The van der Waals surface area contributed by atoms with Crippen molar-refractivity contribution < 1.29 is 14.2 Å². The lowest BCUT2D eigenvalue weighted by Gasteiger charge is -2.19. The van der Waals surface area contributed by atoms with Crippen LogP contribution in [-0.2, 0) is 16.1 Å². The first-order chi connectivity index (χ1) is 8.46. The van der Waals surface area contributed by atoms with Gasteiger partial charge in [-0.05, 0) is 27.2 Å². The van der Waals surface area contributed by atoms with E-state index in [-0.39, 0.29) is 5.91 Å². The van der Waals surface area contributed by atoms with E-state index in [2.05, 4.69) is 15.6 Å². The fraction of sp³-hybridized carbons (Fsp3) is 0.583. The second kappa shape index (κ2) is 4.44. The standard InChI is InChI=1S/C12H17N3O3/c1-5-9-8(3)10(17-15-9)13-11(16)12(4)6-7(2)14-18-12/h5-6H2,1-4H3,(H,13,16). The summed E-state index contributed by atoms with van der Waals surface area (Å²) in [5.41, 5.74) is 1.53. The van der Waals surface area contributed by atoms with E-state index >= 15 is 0 Å². The van der Waals surface area contributed by atoms with Crippen LogP contribution in [0.25, 0.3) is 0 Å². The lowest BCUT2D eigenvalue weighted by molar-refractivity contribution is -0.136. The molecule has 1 aromatic heterocycles. The zero-order valence-corrected chi connectivity index (χ0v) is 11.0. The number of aryl methyl sites for hydroxylation is 1. The Morgan fingerprint density at radius 3 is 2.72 bits per heavy atom. The molecule has 0 fully saturated rings. The molecule has 1 atom stereocenters. The molecule has 6 heteroatoms. The lowest BCUT2D eigenvalue weighted by atomic mass is 9.99. The van der Waals surface area contributed by atoms with Crippen molar-refractivity contribution in [1.82, 2.24) is 5.16 Å². The van der Waals surface area contributed by atoms with Gasteiger partial charge in [0.2, 0.25) is 11.5 Å². The number of hydrogen-bond donors (Lipinski definition) is 1. The van der Waals surface area contributed by atoms with Crippen molar-refractivity contribution >= 4 is 17.5 Å². The summed E-state index contributed by atoms with van der Waals surface area (Å²) in [7, 11) is 0. The van der Waals surface area contributed by atoms with Gasteiger partial charge in [-0.3, -0.25) is 10.1 Å². The average molecular weight is 251 g/mol. The van der Waals surface area contributed by atoms with Gasteiger partial charge in [0.05, 0.1) is 11.4 Å². The number of carbonyl (C=O) groups is 1. The number of amides is 1. The molecule has 0 radical (unpaired) electrons. The van der Waals surface area contributed by atoms with Gasteiger partial charge >= 0.3 is 0 Å². The third kappa shape index (κ3) is 2.10. The molecule has 1 unspecified atom stereocenters. The van der Waals surface area contributed by atoms with Crippen LogP contribution in [0, 0.1) is 6.92 Å². The van der Waals surface area contributed by atoms with Crippen molar-refractivity contribution in [1.29, 1.82) is 0 Å². The van der Waals surface area contributed by atoms with Crippen LogP contribution in [0.2, 0.25) is 0 Å². The van der Waals surface area contributed by atoms with E-state index in [0.29, 0.717) is 12.3 Å². The minimum atomic E-state index is -0.963. The maximum Gasteiger partial charge on any atom is 0.273 e. The predicted octanol–water partition coefficient (Wildman–Crippen LogP) is 2.04. The lowest BCUT2D eigenvalue weighted by Crippen LogP contribution is -2.40. The fourth-order valence-electron chi connectivity index (χ4n) is 1.90. The first-order valence-corrected chi connectivity index (χ1v) is 5.94. The van der Waals surface area contributed by atoms with E-state index in [0.717, 1.165) is 23.4 Å². The van der Waals surface area contributed by atoms with E-state index in [1.54, 1.807) is 6.92 Å². The van der Waals surface area contributed by atoms with Crippen LogP contribution in [-0.4, -0.2) is 22.4 Å². The highest BCUT2D eigenvalue weighted by Gasteiger charge is 2.41. The predicted molar refractivity (Wildman–Crippen MR) is 66.5 cm³/mol. The number of oxime groups is 1. The van der Waals surface area contributed by atoms with E-state index in [9.17, 15) is 4.79 Å². The van der Waals surface area contributed by atoms with Crippen LogP contribution < -0.4 is 5.32 Å². The Morgan fingerprint density at radius 2 is 2.22 bits per heavy atom. The van der Waals surface area contributed by atoms with Gasteiger partial charge in [-0.2, -0.15) is 0 Å². The Bertz CT molecular complexity index is 507. The van der Waals surface area contributed by atoms with E-state index in [1.807, 2.05) is 20.8 Å². The molecular formula is C12H17N3O3. The monoisotopic (exact) mass is 251 g/mol. The van der Waals surface area contributed by atoms with Gasteiger partial charge < -0.3 is 9.36 Å². The molecule has 1 aromatic rings. The highest BCUT2D eigenvalue weighted by atomic mass is 16.7. The minimum absolute atomic E-state index is 0.273. The topological polar surface area (TPSA) is 76.7 Å². The van der Waals surface area contributed by atoms with Crippen LogP contribution in [0.5, 0.6) is 0 Å². The Labute approximate surface area is 105 Å². The number of nitrogens with one attached hydrogen (secondary N) is 1. The van der Waals surface area contributed by atoms with Gasteiger partial charge in [0, 0.05) is 12.0 Å². The molecule has 2 heterocycles. The molecule has 1 aliphatic heterocycles. The number of carbonyl (C=O) groups excluding carboxylic acids is 1. The summed E-state index contributed by atoms with van der Waals surface area (Å²) in [6, 6.07) is 0. The summed E-state index contributed by atoms with van der Waals surface area (Å²) in [5, 5.41) is 10.4. The van der Waals surface area contributed by atoms with Crippen molar-refractivity contribution in [2.45, 2.75) is 46.1 Å². The van der Waals surface area contributed by atoms with Crippen molar-refractivity contribution in [2.24, 2.45) is 5.16 Å². The molecule has 0 spiro atoms. The summed E-state index contributed by atoms with van der Waals surface area (Å²) in [4.78, 5) is 17.3. The largest absolute Gasteiger partial charge is 0.379 e. The maximum absolute atomic E-state index is 12.1. The third-order valence-corrected chi connectivity index (χ3v) is 3.06. The zero-order valence-electron chi connectivity index (χ0n) is 11.0. The van der Waals surface area contributed by atoms with Gasteiger partial charge in [-0.25, -0.2) is 0 Å². The molecule has 2 rings (SSSR count). The van der Waals surface area contributed by atoms with Crippen LogP contribution in [0.3, 0.4) is 0 Å². The molecule has 0 aromatic carbocycles. The molecule has 0 bridgehead atoms. The molecule has 1 amide bonds. The van der Waals surface area contributed by atoms with Crippen molar-refractivity contribution in [3.05, 3.63) is 11.3 Å². The molecule has 1 N–H and O–H groups in total. The normalized spacial score (nSPS) is 22.6. The SMILES string of the molecule is CCc1noc(NC(=O)C2(C)CC(C)=NO2)c1C. The Hall–Kier alpha value is -1.85. The molecule has 18 heavy (non-hydrogen) atoms. The summed E-state index contributed by atoms with van der Waals surface area (Å²) in [5.74, 6) is 0.108. The van der Waals surface area contributed by atoms with E-state index < -0.39 is 5.60 Å². The maximum atomic E-state index is 12.1. The zero-order chi connectivity index (χ0) is 13.3. The first-order valence-electron chi connectivity index (χ1n) is 5.94. The molecule has 98 valence electrons. The Kier molecular flexibility index (Phi) is 3.11. The minimum Gasteiger partial charge on any atom is -0.379 e. The second-order valence-corrected chi connectivity index (χ2v) is 4.72. The molecule has 1 aliphatic rings. The number of nitrogens with zero attached hydrogens (tertiary/aromatic N) is 2. The third-order valence-electron chi connectivity index (χ3n) is 3.06. The molecule has 0 saturated heterocycles. The summed E-state index contributed by atoms with van der Waals surface area (Å²) >= 11 is 0. The number of anilines is 1. The number of rotatable bonds is 3. The summed E-state index contributed by atoms with van der Waals surface area (Å²) in [6.45, 7) is 7.38. The molecule has 0 saturated carbocycles. The van der Waals surface area contributed by atoms with Gasteiger partial charge in [0.25, 0.3) is 5.91 Å². The van der Waals surface area contributed by atoms with Crippen molar-refractivity contribution in [3.63, 3.8) is 0 Å². The summed E-state index contributed by atoms with van der Waals surface area (Å²) in [6.07, 6.45) is 1.24. The molecule has 6 nitrogen and oxygen atoms in total. The number of hydrogen-bond acceptors (Lipinski definition) is 5. The van der Waals surface area contributed by atoms with Crippen LogP contribution in [0.1, 0.15) is 38.4 Å².